The summed E-state index contributed by atoms with van der Waals surface area (Å²) >= 11 is 0. The summed E-state index contributed by atoms with van der Waals surface area (Å²) in [5, 5.41) is 0. The van der Waals surface area contributed by atoms with Crippen LogP contribution in [0.1, 0.15) is 31.9 Å². The summed E-state index contributed by atoms with van der Waals surface area (Å²) in [6, 6.07) is 6.05. The number of benzene rings is 1. The number of carbonyl (C=O) groups excluding carboxylic acids is 1. The predicted molar refractivity (Wildman–Crippen MR) is 88.4 cm³/mol. The minimum atomic E-state index is -0.504. The number of hydroxylamine groups is 1. The number of amides is 1. The molecule has 1 N–H and O–H groups in total. The Morgan fingerprint density at radius 3 is 2.78 bits per heavy atom. The highest BCUT2D eigenvalue weighted by molar-refractivity contribution is 5.91. The molecule has 1 aromatic rings. The number of methoxy groups -OCH3 is 1. The van der Waals surface area contributed by atoms with Crippen LogP contribution in [0.5, 0.6) is 0 Å². The summed E-state index contributed by atoms with van der Waals surface area (Å²) in [5.74, 6) is 0. The molecule has 1 aliphatic heterocycles. The van der Waals surface area contributed by atoms with E-state index in [0.717, 1.165) is 23.2 Å². The van der Waals surface area contributed by atoms with Crippen LogP contribution in [0.4, 0.5) is 10.5 Å². The van der Waals surface area contributed by atoms with E-state index in [1.807, 2.05) is 32.9 Å². The van der Waals surface area contributed by atoms with Gasteiger partial charge in [0.05, 0.1) is 18.9 Å². The van der Waals surface area contributed by atoms with E-state index >= 15 is 0 Å². The van der Waals surface area contributed by atoms with E-state index in [1.165, 1.54) is 0 Å². The van der Waals surface area contributed by atoms with Gasteiger partial charge < -0.3 is 9.47 Å². The molecule has 0 bridgehead atoms. The minimum Gasteiger partial charge on any atom is -0.443 e. The highest BCUT2D eigenvalue weighted by atomic mass is 16.7. The van der Waals surface area contributed by atoms with Crippen molar-refractivity contribution in [3.05, 3.63) is 29.3 Å². The molecular formula is C17H26N2O4. The van der Waals surface area contributed by atoms with Crippen molar-refractivity contribution in [3.8, 4) is 0 Å². The maximum absolute atomic E-state index is 12.4. The molecule has 6 heteroatoms. The van der Waals surface area contributed by atoms with Crippen LogP contribution in [0.15, 0.2) is 18.2 Å². The Morgan fingerprint density at radius 2 is 2.09 bits per heavy atom. The Morgan fingerprint density at radius 1 is 1.30 bits per heavy atom. The zero-order valence-corrected chi connectivity index (χ0v) is 14.3. The Bertz CT molecular complexity index is 540. The van der Waals surface area contributed by atoms with Crippen LogP contribution in [-0.2, 0) is 27.3 Å². The van der Waals surface area contributed by atoms with Gasteiger partial charge in [0.25, 0.3) is 0 Å². The summed E-state index contributed by atoms with van der Waals surface area (Å²) in [6.45, 7) is 7.79. The molecule has 1 aromatic carbocycles. The van der Waals surface area contributed by atoms with Crippen LogP contribution in [-0.4, -0.2) is 38.6 Å². The van der Waals surface area contributed by atoms with E-state index in [-0.39, 0.29) is 6.09 Å². The highest BCUT2D eigenvalue weighted by Gasteiger charge is 2.30. The van der Waals surface area contributed by atoms with Crippen LogP contribution in [0, 0.1) is 0 Å². The van der Waals surface area contributed by atoms with Crippen molar-refractivity contribution in [2.75, 3.05) is 31.8 Å². The van der Waals surface area contributed by atoms with Gasteiger partial charge in [-0.05, 0) is 38.3 Å². The molecule has 0 aliphatic carbocycles. The average Bonchev–Trinajstić information content (AvgIpc) is 2.90. The standard InChI is InChI=1S/C17H26N2O4/c1-17(2,3)23-16(20)19-9-8-13-6-5-7-14(15(13)19)12-18-22-11-10-21-4/h5-7,18H,8-12H2,1-4H3. The number of anilines is 1. The maximum atomic E-state index is 12.4. The van der Waals surface area contributed by atoms with Gasteiger partial charge in [0.15, 0.2) is 0 Å². The Balaban J connectivity index is 2.06. The van der Waals surface area contributed by atoms with E-state index in [0.29, 0.717) is 26.3 Å². The third kappa shape index (κ3) is 4.92. The van der Waals surface area contributed by atoms with Gasteiger partial charge in [-0.15, -0.1) is 0 Å². The molecule has 0 atom stereocenters. The van der Waals surface area contributed by atoms with E-state index in [1.54, 1.807) is 12.0 Å². The molecule has 1 amide bonds. The first-order valence-electron chi connectivity index (χ1n) is 7.87. The lowest BCUT2D eigenvalue weighted by Crippen LogP contribution is -2.36. The van der Waals surface area contributed by atoms with Gasteiger partial charge in [-0.3, -0.25) is 9.74 Å². The zero-order valence-electron chi connectivity index (χ0n) is 14.3. The molecule has 0 saturated carbocycles. The lowest BCUT2D eigenvalue weighted by Gasteiger charge is -2.26. The lowest BCUT2D eigenvalue weighted by atomic mass is 10.1. The SMILES string of the molecule is COCCONCc1cccc2c1N(C(=O)OC(C)(C)C)CC2. The molecular weight excluding hydrogens is 296 g/mol. The van der Waals surface area contributed by atoms with Gasteiger partial charge in [-0.1, -0.05) is 18.2 Å². The van der Waals surface area contributed by atoms with Crippen molar-refractivity contribution in [2.24, 2.45) is 0 Å². The first-order chi connectivity index (χ1) is 10.9. The smallest absolute Gasteiger partial charge is 0.414 e. The predicted octanol–water partition coefficient (Wildman–Crippen LogP) is 2.65. The summed E-state index contributed by atoms with van der Waals surface area (Å²) in [7, 11) is 1.63. The van der Waals surface area contributed by atoms with Crippen molar-refractivity contribution < 1.29 is 19.1 Å². The van der Waals surface area contributed by atoms with Crippen molar-refractivity contribution in [1.82, 2.24) is 5.48 Å². The first kappa shape index (κ1) is 17.7. The van der Waals surface area contributed by atoms with Crippen LogP contribution in [0.3, 0.4) is 0 Å². The second kappa shape index (κ2) is 7.77. The van der Waals surface area contributed by atoms with Crippen molar-refractivity contribution >= 4 is 11.8 Å². The molecule has 6 nitrogen and oxygen atoms in total. The minimum absolute atomic E-state index is 0.302. The maximum Gasteiger partial charge on any atom is 0.414 e. The first-order valence-corrected chi connectivity index (χ1v) is 7.87. The van der Waals surface area contributed by atoms with Gasteiger partial charge in [0.1, 0.15) is 5.60 Å². The quantitative estimate of drug-likeness (QED) is 0.644. The summed E-state index contributed by atoms with van der Waals surface area (Å²) in [5.41, 5.74) is 5.52. The number of nitrogens with one attached hydrogen (secondary N) is 1. The van der Waals surface area contributed by atoms with Crippen molar-refractivity contribution in [3.63, 3.8) is 0 Å². The topological polar surface area (TPSA) is 60.0 Å². The van der Waals surface area contributed by atoms with Crippen LogP contribution >= 0.6 is 0 Å². The molecule has 0 spiro atoms. The Labute approximate surface area is 137 Å². The van der Waals surface area contributed by atoms with Gasteiger partial charge in [0.2, 0.25) is 0 Å². The van der Waals surface area contributed by atoms with Crippen LogP contribution < -0.4 is 10.4 Å². The molecule has 0 aromatic heterocycles. The molecule has 23 heavy (non-hydrogen) atoms. The molecule has 1 aliphatic rings. The normalized spacial score (nSPS) is 14.0. The summed E-state index contributed by atoms with van der Waals surface area (Å²) < 4.78 is 10.4. The molecule has 1 heterocycles. The third-order valence-electron chi connectivity index (χ3n) is 3.45. The van der Waals surface area contributed by atoms with Gasteiger partial charge in [-0.25, -0.2) is 4.79 Å². The zero-order chi connectivity index (χ0) is 16.9. The summed E-state index contributed by atoms with van der Waals surface area (Å²) in [4.78, 5) is 19.4. The molecule has 0 unspecified atom stereocenters. The highest BCUT2D eigenvalue weighted by Crippen LogP contribution is 2.33. The van der Waals surface area contributed by atoms with Crippen LogP contribution in [0.25, 0.3) is 0 Å². The Kier molecular flexibility index (Phi) is 5.98. The molecule has 128 valence electrons. The van der Waals surface area contributed by atoms with E-state index in [9.17, 15) is 4.79 Å². The summed E-state index contributed by atoms with van der Waals surface area (Å²) in [6.07, 6.45) is 0.538. The Hall–Kier alpha value is -1.63. The molecule has 0 fully saturated rings. The third-order valence-corrected chi connectivity index (χ3v) is 3.45. The molecule has 2 rings (SSSR count). The van der Waals surface area contributed by atoms with Gasteiger partial charge in [0, 0.05) is 20.2 Å². The fourth-order valence-electron chi connectivity index (χ4n) is 2.51. The fourth-order valence-corrected chi connectivity index (χ4v) is 2.51. The number of hydrogen-bond acceptors (Lipinski definition) is 5. The lowest BCUT2D eigenvalue weighted by molar-refractivity contribution is 0.00349. The van der Waals surface area contributed by atoms with Crippen LogP contribution in [0.2, 0.25) is 0 Å². The second-order valence-electron chi connectivity index (χ2n) is 6.47. The number of para-hydroxylation sites is 1. The number of nitrogens with zero attached hydrogens (tertiary/aromatic N) is 1. The second-order valence-corrected chi connectivity index (χ2v) is 6.47. The van der Waals surface area contributed by atoms with Gasteiger partial charge >= 0.3 is 6.09 Å². The average molecular weight is 322 g/mol. The molecule has 0 radical (unpaired) electrons. The number of hydrogen-bond donors (Lipinski definition) is 1. The molecule has 0 saturated heterocycles. The van der Waals surface area contributed by atoms with Crippen molar-refractivity contribution in [1.29, 1.82) is 0 Å². The number of fused-ring (bicyclic) bond motifs is 1. The van der Waals surface area contributed by atoms with Crippen molar-refractivity contribution in [2.45, 2.75) is 39.3 Å². The largest absolute Gasteiger partial charge is 0.443 e. The van der Waals surface area contributed by atoms with E-state index in [2.05, 4.69) is 11.5 Å². The fraction of sp³-hybridized carbons (Fsp3) is 0.588. The van der Waals surface area contributed by atoms with E-state index < -0.39 is 5.60 Å². The monoisotopic (exact) mass is 322 g/mol. The van der Waals surface area contributed by atoms with E-state index in [4.69, 9.17) is 14.3 Å². The van der Waals surface area contributed by atoms with Gasteiger partial charge in [-0.2, -0.15) is 5.48 Å². The number of rotatable bonds is 6. The number of ether oxygens (including phenoxy) is 2. The number of carbonyl (C=O) groups is 1.